The molecule has 0 aromatic heterocycles. The van der Waals surface area contributed by atoms with Gasteiger partial charge in [-0.1, -0.05) is 43.9 Å². The van der Waals surface area contributed by atoms with Gasteiger partial charge in [0.05, 0.1) is 28.7 Å². The maximum atomic E-state index is 13.0. The molecule has 7 nitrogen and oxygen atoms in total. The van der Waals surface area contributed by atoms with Gasteiger partial charge in [-0.15, -0.1) is 0 Å². The number of non-ortho nitro benzene ring substituents is 1. The van der Waals surface area contributed by atoms with E-state index in [1.54, 1.807) is 6.08 Å². The van der Waals surface area contributed by atoms with E-state index in [2.05, 4.69) is 13.8 Å². The molecule has 2 aromatic rings. The van der Waals surface area contributed by atoms with Crippen LogP contribution in [0.4, 0.5) is 11.4 Å². The van der Waals surface area contributed by atoms with Gasteiger partial charge < -0.3 is 9.47 Å². The molecule has 0 saturated carbocycles. The van der Waals surface area contributed by atoms with E-state index in [1.165, 1.54) is 40.9 Å². The summed E-state index contributed by atoms with van der Waals surface area (Å²) in [7, 11) is 0. The minimum absolute atomic E-state index is 0.0482. The average molecular weight is 459 g/mol. The molecule has 1 saturated heterocycles. The molecule has 0 radical (unpaired) electrons. The van der Waals surface area contributed by atoms with Crippen LogP contribution in [0.3, 0.4) is 0 Å². The lowest BCUT2D eigenvalue weighted by molar-refractivity contribution is -0.384. The van der Waals surface area contributed by atoms with Gasteiger partial charge in [0.2, 0.25) is 0 Å². The summed E-state index contributed by atoms with van der Waals surface area (Å²) in [4.78, 5) is 25.2. The molecule has 0 bridgehead atoms. The molecule has 162 valence electrons. The highest BCUT2D eigenvalue weighted by Gasteiger charge is 2.33. The van der Waals surface area contributed by atoms with Gasteiger partial charge in [-0.25, -0.2) is 0 Å². The largest absolute Gasteiger partial charge is 0.490 e. The van der Waals surface area contributed by atoms with Gasteiger partial charge in [0, 0.05) is 12.1 Å². The van der Waals surface area contributed by atoms with Crippen LogP contribution < -0.4 is 14.4 Å². The Kier molecular flexibility index (Phi) is 7.29. The quantitative estimate of drug-likeness (QED) is 0.226. The third-order valence-electron chi connectivity index (χ3n) is 4.25. The zero-order chi connectivity index (χ0) is 22.5. The van der Waals surface area contributed by atoms with Gasteiger partial charge in [0.25, 0.3) is 11.6 Å². The Morgan fingerprint density at radius 3 is 2.48 bits per heavy atom. The average Bonchev–Trinajstić information content (AvgIpc) is 3.00. The first-order valence-corrected chi connectivity index (χ1v) is 10.9. The van der Waals surface area contributed by atoms with Crippen LogP contribution in [0.1, 0.15) is 26.3 Å². The smallest absolute Gasteiger partial charge is 0.270 e. The molecular weight excluding hydrogens is 436 g/mol. The number of hydrogen-bond donors (Lipinski definition) is 0. The molecule has 3 rings (SSSR count). The van der Waals surface area contributed by atoms with E-state index in [0.29, 0.717) is 45.5 Å². The maximum absolute atomic E-state index is 13.0. The first-order valence-electron chi connectivity index (χ1n) is 9.72. The summed E-state index contributed by atoms with van der Waals surface area (Å²) < 4.78 is 11.9. The van der Waals surface area contributed by atoms with E-state index in [0.717, 1.165) is 5.56 Å². The van der Waals surface area contributed by atoms with Gasteiger partial charge in [-0.2, -0.15) is 0 Å². The van der Waals surface area contributed by atoms with E-state index in [-0.39, 0.29) is 11.6 Å². The zero-order valence-corrected chi connectivity index (χ0v) is 19.0. The Morgan fingerprint density at radius 2 is 1.87 bits per heavy atom. The van der Waals surface area contributed by atoms with Gasteiger partial charge in [0.1, 0.15) is 0 Å². The molecule has 1 aliphatic rings. The van der Waals surface area contributed by atoms with Gasteiger partial charge in [-0.05, 0) is 48.7 Å². The normalized spacial score (nSPS) is 15.1. The molecule has 1 amide bonds. The van der Waals surface area contributed by atoms with Crippen molar-refractivity contribution in [2.24, 2.45) is 5.92 Å². The second-order valence-corrected chi connectivity index (χ2v) is 8.81. The number of nitro groups is 1. The first kappa shape index (κ1) is 22.8. The number of carbonyl (C=O) groups is 1. The highest BCUT2D eigenvalue weighted by atomic mass is 32.2. The van der Waals surface area contributed by atoms with Crippen LogP contribution in [0.2, 0.25) is 0 Å². The van der Waals surface area contributed by atoms with Crippen molar-refractivity contribution in [3.05, 3.63) is 63.0 Å². The number of benzene rings is 2. The number of nitrogens with zero attached hydrogens (tertiary/aromatic N) is 2. The Labute approximate surface area is 190 Å². The van der Waals surface area contributed by atoms with Gasteiger partial charge in [-0.3, -0.25) is 19.8 Å². The van der Waals surface area contributed by atoms with Crippen molar-refractivity contribution in [3.8, 4) is 11.5 Å². The minimum atomic E-state index is -0.488. The number of nitro benzene ring substituents is 1. The van der Waals surface area contributed by atoms with Crippen molar-refractivity contribution in [3.63, 3.8) is 0 Å². The lowest BCUT2D eigenvalue weighted by Crippen LogP contribution is -2.27. The van der Waals surface area contributed by atoms with E-state index < -0.39 is 4.92 Å². The van der Waals surface area contributed by atoms with Crippen molar-refractivity contribution >= 4 is 51.7 Å². The minimum Gasteiger partial charge on any atom is -0.490 e. The molecule has 31 heavy (non-hydrogen) atoms. The lowest BCUT2D eigenvalue weighted by Gasteiger charge is -2.14. The highest BCUT2D eigenvalue weighted by molar-refractivity contribution is 8.27. The summed E-state index contributed by atoms with van der Waals surface area (Å²) >= 11 is 6.56. The zero-order valence-electron chi connectivity index (χ0n) is 17.4. The lowest BCUT2D eigenvalue weighted by atomic mass is 10.1. The summed E-state index contributed by atoms with van der Waals surface area (Å²) in [5.74, 6) is 1.38. The SMILES string of the molecule is CCOc1cc(/C=C2/SC(=S)N(c3ccc([N+](=O)[O-])cc3)C2=O)ccc1OCC(C)C. The molecule has 0 atom stereocenters. The van der Waals surface area contributed by atoms with E-state index in [9.17, 15) is 14.9 Å². The fraction of sp³-hybridized carbons (Fsp3) is 0.273. The van der Waals surface area contributed by atoms with Crippen molar-refractivity contribution < 1.29 is 19.2 Å². The van der Waals surface area contributed by atoms with Crippen LogP contribution in [0.5, 0.6) is 11.5 Å². The van der Waals surface area contributed by atoms with Crippen LogP contribution in [0.25, 0.3) is 6.08 Å². The molecule has 0 aliphatic carbocycles. The Morgan fingerprint density at radius 1 is 1.16 bits per heavy atom. The Hall–Kier alpha value is -2.91. The maximum Gasteiger partial charge on any atom is 0.270 e. The van der Waals surface area contributed by atoms with Crippen LogP contribution >= 0.6 is 24.0 Å². The fourth-order valence-electron chi connectivity index (χ4n) is 2.82. The summed E-state index contributed by atoms with van der Waals surface area (Å²) in [6.07, 6.45) is 1.75. The summed E-state index contributed by atoms with van der Waals surface area (Å²) in [6, 6.07) is 11.2. The van der Waals surface area contributed by atoms with Crippen LogP contribution in [-0.2, 0) is 4.79 Å². The second kappa shape index (κ2) is 9.93. The topological polar surface area (TPSA) is 81.9 Å². The van der Waals surface area contributed by atoms with E-state index >= 15 is 0 Å². The predicted molar refractivity (Wildman–Crippen MR) is 127 cm³/mol. The van der Waals surface area contributed by atoms with Crippen molar-refractivity contribution in [1.29, 1.82) is 0 Å². The summed E-state index contributed by atoms with van der Waals surface area (Å²) in [5.41, 5.74) is 1.22. The fourth-order valence-corrected chi connectivity index (χ4v) is 4.12. The number of thiocarbonyl (C=S) groups is 1. The number of anilines is 1. The summed E-state index contributed by atoms with van der Waals surface area (Å²) in [5, 5.41) is 10.9. The number of hydrogen-bond acceptors (Lipinski definition) is 7. The number of thioether (sulfide) groups is 1. The van der Waals surface area contributed by atoms with Crippen LogP contribution in [0.15, 0.2) is 47.4 Å². The Balaban J connectivity index is 1.84. The second-order valence-electron chi connectivity index (χ2n) is 7.13. The third-order valence-corrected chi connectivity index (χ3v) is 5.55. The van der Waals surface area contributed by atoms with Gasteiger partial charge in [0.15, 0.2) is 15.8 Å². The van der Waals surface area contributed by atoms with E-state index in [4.69, 9.17) is 21.7 Å². The van der Waals surface area contributed by atoms with E-state index in [1.807, 2.05) is 25.1 Å². The molecule has 1 aliphatic heterocycles. The highest BCUT2D eigenvalue weighted by Crippen LogP contribution is 2.37. The molecule has 9 heteroatoms. The van der Waals surface area contributed by atoms with Crippen LogP contribution in [0, 0.1) is 16.0 Å². The molecular formula is C22H22N2O5S2. The van der Waals surface area contributed by atoms with Gasteiger partial charge >= 0.3 is 0 Å². The molecule has 2 aromatic carbocycles. The first-order chi connectivity index (χ1) is 14.8. The number of rotatable bonds is 8. The number of amides is 1. The predicted octanol–water partition coefficient (Wildman–Crippen LogP) is 5.43. The van der Waals surface area contributed by atoms with Crippen molar-refractivity contribution in [1.82, 2.24) is 0 Å². The standard InChI is InChI=1S/C22H22N2O5S2/c1-4-28-19-11-15(5-10-18(19)29-13-14(2)3)12-20-21(25)23(22(30)31-20)16-6-8-17(9-7-16)24(26)27/h5-12,14H,4,13H2,1-3H3/b20-12+. The molecule has 1 fully saturated rings. The monoisotopic (exact) mass is 458 g/mol. The Bertz CT molecular complexity index is 1030. The molecule has 0 unspecified atom stereocenters. The number of carbonyl (C=O) groups excluding carboxylic acids is 1. The third kappa shape index (κ3) is 5.42. The number of ether oxygens (including phenoxy) is 2. The van der Waals surface area contributed by atoms with Crippen molar-refractivity contribution in [2.75, 3.05) is 18.1 Å². The van der Waals surface area contributed by atoms with Crippen molar-refractivity contribution in [2.45, 2.75) is 20.8 Å². The van der Waals surface area contributed by atoms with Crippen LogP contribution in [-0.4, -0.2) is 28.4 Å². The molecule has 0 spiro atoms. The molecule has 0 N–H and O–H groups in total. The summed E-state index contributed by atoms with van der Waals surface area (Å²) in [6.45, 7) is 7.11. The molecule has 1 heterocycles.